The third-order valence-electron chi connectivity index (χ3n) is 3.79. The Morgan fingerprint density at radius 2 is 2.08 bits per heavy atom. The standard InChI is InChI=1S/C16H19N5O3S/c1-3-24-15(23)13-10(2)19-16(25-13)20-14(22)11-8-12(18-9-17-11)21-6-4-5-7-21/h8-9H,3-7H2,1-2H3,(H,19,20,22). The number of aryl methyl sites for hydroxylation is 1. The summed E-state index contributed by atoms with van der Waals surface area (Å²) in [5.74, 6) is -0.0662. The molecular formula is C16H19N5O3S. The van der Waals surface area contributed by atoms with Crippen LogP contribution < -0.4 is 10.2 Å². The Balaban J connectivity index is 1.73. The van der Waals surface area contributed by atoms with Gasteiger partial charge in [-0.1, -0.05) is 11.3 Å². The summed E-state index contributed by atoms with van der Waals surface area (Å²) in [6, 6.07) is 1.67. The van der Waals surface area contributed by atoms with Gasteiger partial charge in [0.05, 0.1) is 12.3 Å². The van der Waals surface area contributed by atoms with Crippen LogP contribution in [0.25, 0.3) is 0 Å². The average molecular weight is 361 g/mol. The van der Waals surface area contributed by atoms with Crippen molar-refractivity contribution < 1.29 is 14.3 Å². The van der Waals surface area contributed by atoms with Crippen LogP contribution in [0.5, 0.6) is 0 Å². The van der Waals surface area contributed by atoms with Gasteiger partial charge >= 0.3 is 5.97 Å². The van der Waals surface area contributed by atoms with E-state index in [-0.39, 0.29) is 18.2 Å². The SMILES string of the molecule is CCOC(=O)c1sc(NC(=O)c2cc(N3CCCC3)ncn2)nc1C. The van der Waals surface area contributed by atoms with Gasteiger partial charge in [-0.3, -0.25) is 10.1 Å². The minimum atomic E-state index is -0.434. The summed E-state index contributed by atoms with van der Waals surface area (Å²) in [5, 5.41) is 3.03. The van der Waals surface area contributed by atoms with Gasteiger partial charge in [0, 0.05) is 19.2 Å². The molecule has 1 aliphatic heterocycles. The smallest absolute Gasteiger partial charge is 0.350 e. The molecule has 0 aromatic carbocycles. The third-order valence-corrected chi connectivity index (χ3v) is 4.85. The van der Waals surface area contributed by atoms with Gasteiger partial charge in [-0.2, -0.15) is 0 Å². The predicted octanol–water partition coefficient (Wildman–Crippen LogP) is 2.27. The second-order valence-corrected chi connectivity index (χ2v) is 6.56. The van der Waals surface area contributed by atoms with E-state index in [9.17, 15) is 9.59 Å². The highest BCUT2D eigenvalue weighted by Crippen LogP contribution is 2.24. The number of hydrogen-bond donors (Lipinski definition) is 1. The molecule has 0 aliphatic carbocycles. The molecule has 2 aromatic rings. The summed E-state index contributed by atoms with van der Waals surface area (Å²) >= 11 is 1.09. The summed E-state index contributed by atoms with van der Waals surface area (Å²) in [7, 11) is 0. The average Bonchev–Trinajstić information content (AvgIpc) is 3.25. The molecule has 0 bridgehead atoms. The molecule has 132 valence electrons. The minimum absolute atomic E-state index is 0.266. The van der Waals surface area contributed by atoms with E-state index in [2.05, 4.69) is 25.2 Å². The van der Waals surface area contributed by atoms with E-state index in [1.165, 1.54) is 6.33 Å². The molecule has 8 nitrogen and oxygen atoms in total. The van der Waals surface area contributed by atoms with Crippen LogP contribution in [-0.4, -0.2) is 46.5 Å². The van der Waals surface area contributed by atoms with Crippen molar-refractivity contribution in [2.75, 3.05) is 29.9 Å². The van der Waals surface area contributed by atoms with E-state index < -0.39 is 5.97 Å². The second kappa shape index (κ2) is 7.56. The van der Waals surface area contributed by atoms with Gasteiger partial charge in [-0.05, 0) is 26.7 Å². The van der Waals surface area contributed by atoms with Crippen molar-refractivity contribution in [1.29, 1.82) is 0 Å². The topological polar surface area (TPSA) is 97.3 Å². The summed E-state index contributed by atoms with van der Waals surface area (Å²) in [6.45, 7) is 5.61. The maximum absolute atomic E-state index is 12.4. The van der Waals surface area contributed by atoms with E-state index in [0.29, 0.717) is 15.7 Å². The fourth-order valence-corrected chi connectivity index (χ4v) is 3.44. The molecular weight excluding hydrogens is 342 g/mol. The molecule has 1 fully saturated rings. The molecule has 0 unspecified atom stereocenters. The fourth-order valence-electron chi connectivity index (χ4n) is 2.59. The number of carbonyl (C=O) groups is 2. The zero-order valence-electron chi connectivity index (χ0n) is 14.1. The van der Waals surface area contributed by atoms with Crippen LogP contribution in [0.15, 0.2) is 12.4 Å². The Morgan fingerprint density at radius 3 is 2.80 bits per heavy atom. The Bertz CT molecular complexity index is 786. The van der Waals surface area contributed by atoms with Gasteiger partial charge in [0.1, 0.15) is 22.7 Å². The van der Waals surface area contributed by atoms with Gasteiger partial charge in [-0.15, -0.1) is 0 Å². The van der Waals surface area contributed by atoms with Crippen LogP contribution in [0.1, 0.15) is 45.6 Å². The first kappa shape index (κ1) is 17.3. The molecule has 3 heterocycles. The van der Waals surface area contributed by atoms with Crippen LogP contribution in [-0.2, 0) is 4.74 Å². The molecule has 1 amide bonds. The first-order valence-electron chi connectivity index (χ1n) is 8.11. The number of thiazole rings is 1. The molecule has 25 heavy (non-hydrogen) atoms. The third kappa shape index (κ3) is 3.93. The molecule has 2 aromatic heterocycles. The number of ether oxygens (including phenoxy) is 1. The van der Waals surface area contributed by atoms with Gasteiger partial charge < -0.3 is 9.64 Å². The Kier molecular flexibility index (Phi) is 5.22. The highest BCUT2D eigenvalue weighted by molar-refractivity contribution is 7.17. The number of esters is 1. The predicted molar refractivity (Wildman–Crippen MR) is 94.2 cm³/mol. The molecule has 1 aliphatic rings. The summed E-state index contributed by atoms with van der Waals surface area (Å²) in [4.78, 5) is 39.3. The lowest BCUT2D eigenvalue weighted by molar-refractivity contribution is 0.0531. The van der Waals surface area contributed by atoms with Gasteiger partial charge in [0.25, 0.3) is 5.91 Å². The normalized spacial score (nSPS) is 13.8. The van der Waals surface area contributed by atoms with E-state index in [1.807, 2.05) is 0 Å². The zero-order valence-corrected chi connectivity index (χ0v) is 14.9. The molecule has 0 atom stereocenters. The van der Waals surface area contributed by atoms with Crippen LogP contribution >= 0.6 is 11.3 Å². The van der Waals surface area contributed by atoms with Crippen molar-refractivity contribution in [2.45, 2.75) is 26.7 Å². The molecule has 0 saturated carbocycles. The minimum Gasteiger partial charge on any atom is -0.462 e. The highest BCUT2D eigenvalue weighted by Gasteiger charge is 2.20. The van der Waals surface area contributed by atoms with Crippen molar-refractivity contribution in [2.24, 2.45) is 0 Å². The van der Waals surface area contributed by atoms with E-state index in [1.54, 1.807) is 19.9 Å². The van der Waals surface area contributed by atoms with Crippen LogP contribution in [0.2, 0.25) is 0 Å². The van der Waals surface area contributed by atoms with Gasteiger partial charge in [-0.25, -0.2) is 19.7 Å². The van der Waals surface area contributed by atoms with E-state index in [0.717, 1.165) is 43.1 Å². The summed E-state index contributed by atoms with van der Waals surface area (Å²) < 4.78 is 4.98. The van der Waals surface area contributed by atoms with Crippen molar-refractivity contribution in [1.82, 2.24) is 15.0 Å². The summed E-state index contributed by atoms with van der Waals surface area (Å²) in [6.07, 6.45) is 3.64. The van der Waals surface area contributed by atoms with Crippen molar-refractivity contribution >= 4 is 34.2 Å². The molecule has 0 radical (unpaired) electrons. The van der Waals surface area contributed by atoms with Crippen molar-refractivity contribution in [3.8, 4) is 0 Å². The maximum Gasteiger partial charge on any atom is 0.350 e. The Labute approximate surface area is 149 Å². The number of nitrogens with zero attached hydrogens (tertiary/aromatic N) is 4. The zero-order chi connectivity index (χ0) is 17.8. The Morgan fingerprint density at radius 1 is 1.32 bits per heavy atom. The highest BCUT2D eigenvalue weighted by atomic mass is 32.1. The molecule has 1 N–H and O–H groups in total. The first-order chi connectivity index (χ1) is 12.1. The molecule has 3 rings (SSSR count). The summed E-state index contributed by atoms with van der Waals surface area (Å²) in [5.41, 5.74) is 0.793. The number of amides is 1. The number of anilines is 2. The van der Waals surface area contributed by atoms with Crippen LogP contribution in [0.3, 0.4) is 0 Å². The van der Waals surface area contributed by atoms with Crippen molar-refractivity contribution in [3.63, 3.8) is 0 Å². The molecule has 9 heteroatoms. The van der Waals surface area contributed by atoms with Crippen LogP contribution in [0, 0.1) is 6.92 Å². The monoisotopic (exact) mass is 361 g/mol. The molecule has 1 saturated heterocycles. The fraction of sp³-hybridized carbons (Fsp3) is 0.438. The number of rotatable bonds is 5. The number of nitrogens with one attached hydrogen (secondary N) is 1. The number of aromatic nitrogens is 3. The van der Waals surface area contributed by atoms with E-state index in [4.69, 9.17) is 4.74 Å². The number of carbonyl (C=O) groups excluding carboxylic acids is 2. The van der Waals surface area contributed by atoms with Crippen LogP contribution in [0.4, 0.5) is 10.9 Å². The lowest BCUT2D eigenvalue weighted by Gasteiger charge is -2.16. The lowest BCUT2D eigenvalue weighted by Crippen LogP contribution is -2.21. The van der Waals surface area contributed by atoms with Crippen molar-refractivity contribution in [3.05, 3.63) is 28.7 Å². The quantitative estimate of drug-likeness (QED) is 0.816. The maximum atomic E-state index is 12.4. The largest absolute Gasteiger partial charge is 0.462 e. The first-order valence-corrected chi connectivity index (χ1v) is 8.93. The van der Waals surface area contributed by atoms with Gasteiger partial charge in [0.2, 0.25) is 0 Å². The second-order valence-electron chi connectivity index (χ2n) is 5.56. The Hall–Kier alpha value is -2.55. The molecule has 0 spiro atoms. The lowest BCUT2D eigenvalue weighted by atomic mass is 10.3. The van der Waals surface area contributed by atoms with Gasteiger partial charge in [0.15, 0.2) is 5.13 Å². The number of hydrogen-bond acceptors (Lipinski definition) is 8. The van der Waals surface area contributed by atoms with E-state index >= 15 is 0 Å².